The molecule has 0 heterocycles. The highest BCUT2D eigenvalue weighted by Gasteiger charge is 2.23. The molecule has 1 aliphatic carbocycles. The van der Waals surface area contributed by atoms with Crippen LogP contribution in [0.5, 0.6) is 0 Å². The van der Waals surface area contributed by atoms with E-state index in [1.54, 1.807) is 0 Å². The van der Waals surface area contributed by atoms with Crippen LogP contribution < -0.4 is 10.6 Å². The number of esters is 1. The van der Waals surface area contributed by atoms with E-state index in [1.165, 1.54) is 18.6 Å². The second-order valence-electron chi connectivity index (χ2n) is 6.29. The second kappa shape index (κ2) is 9.15. The molecule has 136 valence electrons. The normalized spacial score (nSPS) is 19.8. The van der Waals surface area contributed by atoms with Crippen molar-refractivity contribution in [2.24, 2.45) is 5.92 Å². The molecular formula is C18H23FN2O4. The van der Waals surface area contributed by atoms with E-state index in [0.717, 1.165) is 31.4 Å². The lowest BCUT2D eigenvalue weighted by atomic mass is 9.86. The standard InChI is InChI=1S/C18H23FN2O4/c1-12-4-2-3-5-15(12)21-16(22)11-25-17(23)10-20-18(24)13-6-8-14(19)9-7-13/h6-9,12,15H,2-5,10-11H2,1H3,(H,20,24)(H,21,22)/t12-,15+/m0/s1. The summed E-state index contributed by atoms with van der Waals surface area (Å²) in [7, 11) is 0. The summed E-state index contributed by atoms with van der Waals surface area (Å²) in [4.78, 5) is 35.2. The van der Waals surface area contributed by atoms with Crippen molar-refractivity contribution in [1.29, 1.82) is 0 Å². The second-order valence-corrected chi connectivity index (χ2v) is 6.29. The van der Waals surface area contributed by atoms with Crippen molar-refractivity contribution < 1.29 is 23.5 Å². The van der Waals surface area contributed by atoms with Crippen LogP contribution in [0, 0.1) is 11.7 Å². The summed E-state index contributed by atoms with van der Waals surface area (Å²) in [5.41, 5.74) is 0.234. The van der Waals surface area contributed by atoms with E-state index in [4.69, 9.17) is 4.74 Å². The molecule has 2 N–H and O–H groups in total. The van der Waals surface area contributed by atoms with E-state index in [-0.39, 0.29) is 30.7 Å². The molecule has 0 aromatic heterocycles. The first-order chi connectivity index (χ1) is 12.0. The first kappa shape index (κ1) is 18.9. The van der Waals surface area contributed by atoms with Gasteiger partial charge in [0.25, 0.3) is 11.8 Å². The Kier molecular flexibility index (Phi) is 6.91. The van der Waals surface area contributed by atoms with Crippen molar-refractivity contribution in [2.75, 3.05) is 13.2 Å². The van der Waals surface area contributed by atoms with Gasteiger partial charge in [0.05, 0.1) is 0 Å². The molecule has 2 atom stereocenters. The highest BCUT2D eigenvalue weighted by Crippen LogP contribution is 2.23. The fourth-order valence-electron chi connectivity index (χ4n) is 2.83. The van der Waals surface area contributed by atoms with Crippen molar-refractivity contribution >= 4 is 17.8 Å². The summed E-state index contributed by atoms with van der Waals surface area (Å²) in [6.07, 6.45) is 4.29. The molecule has 25 heavy (non-hydrogen) atoms. The lowest BCUT2D eigenvalue weighted by Gasteiger charge is -2.29. The molecule has 0 unspecified atom stereocenters. The van der Waals surface area contributed by atoms with Gasteiger partial charge in [-0.2, -0.15) is 0 Å². The molecule has 0 bridgehead atoms. The van der Waals surface area contributed by atoms with Crippen molar-refractivity contribution in [3.05, 3.63) is 35.6 Å². The fraction of sp³-hybridized carbons (Fsp3) is 0.500. The topological polar surface area (TPSA) is 84.5 Å². The Morgan fingerprint density at radius 1 is 1.16 bits per heavy atom. The van der Waals surface area contributed by atoms with Crippen molar-refractivity contribution in [2.45, 2.75) is 38.6 Å². The Morgan fingerprint density at radius 3 is 2.52 bits per heavy atom. The van der Waals surface area contributed by atoms with Crippen LogP contribution >= 0.6 is 0 Å². The van der Waals surface area contributed by atoms with Gasteiger partial charge in [0.1, 0.15) is 12.4 Å². The first-order valence-electron chi connectivity index (χ1n) is 8.44. The van der Waals surface area contributed by atoms with Gasteiger partial charge in [0.2, 0.25) is 0 Å². The molecule has 2 amide bonds. The molecule has 1 saturated carbocycles. The minimum absolute atomic E-state index is 0.123. The van der Waals surface area contributed by atoms with Gasteiger partial charge in [-0.1, -0.05) is 19.8 Å². The van der Waals surface area contributed by atoms with E-state index in [9.17, 15) is 18.8 Å². The number of ether oxygens (including phenoxy) is 1. The minimum Gasteiger partial charge on any atom is -0.454 e. The van der Waals surface area contributed by atoms with E-state index in [1.807, 2.05) is 0 Å². The predicted octanol–water partition coefficient (Wildman–Crippen LogP) is 1.79. The van der Waals surface area contributed by atoms with Crippen LogP contribution in [0.25, 0.3) is 0 Å². The largest absolute Gasteiger partial charge is 0.454 e. The third-order valence-corrected chi connectivity index (χ3v) is 4.32. The molecule has 1 aromatic carbocycles. The van der Waals surface area contributed by atoms with E-state index < -0.39 is 17.7 Å². The highest BCUT2D eigenvalue weighted by atomic mass is 19.1. The molecular weight excluding hydrogens is 327 g/mol. The van der Waals surface area contributed by atoms with Crippen LogP contribution in [0.3, 0.4) is 0 Å². The molecule has 1 fully saturated rings. The summed E-state index contributed by atoms with van der Waals surface area (Å²) < 4.78 is 17.6. The number of halogens is 1. The van der Waals surface area contributed by atoms with Gasteiger partial charge in [-0.15, -0.1) is 0 Å². The first-order valence-corrected chi connectivity index (χ1v) is 8.44. The van der Waals surface area contributed by atoms with Gasteiger partial charge in [-0.25, -0.2) is 4.39 Å². The van der Waals surface area contributed by atoms with Crippen LogP contribution in [0.2, 0.25) is 0 Å². The summed E-state index contributed by atoms with van der Waals surface area (Å²) in [5.74, 6) is -1.59. The fourth-order valence-corrected chi connectivity index (χ4v) is 2.83. The molecule has 0 aliphatic heterocycles. The maximum atomic E-state index is 12.8. The van der Waals surface area contributed by atoms with Gasteiger partial charge in [-0.3, -0.25) is 14.4 Å². The number of hydrogen-bond donors (Lipinski definition) is 2. The maximum absolute atomic E-state index is 12.8. The smallest absolute Gasteiger partial charge is 0.325 e. The SMILES string of the molecule is C[C@H]1CCCC[C@H]1NC(=O)COC(=O)CNC(=O)c1ccc(F)cc1. The zero-order valence-corrected chi connectivity index (χ0v) is 14.2. The number of rotatable bonds is 6. The van der Waals surface area contributed by atoms with Gasteiger partial charge >= 0.3 is 5.97 Å². The van der Waals surface area contributed by atoms with Gasteiger partial charge < -0.3 is 15.4 Å². The maximum Gasteiger partial charge on any atom is 0.325 e. The number of amides is 2. The lowest BCUT2D eigenvalue weighted by molar-refractivity contribution is -0.147. The Morgan fingerprint density at radius 2 is 1.84 bits per heavy atom. The average molecular weight is 350 g/mol. The minimum atomic E-state index is -0.706. The number of carbonyl (C=O) groups excluding carboxylic acids is 3. The summed E-state index contributed by atoms with van der Waals surface area (Å²) in [6, 6.07) is 5.06. The van der Waals surface area contributed by atoms with Crippen LogP contribution in [-0.4, -0.2) is 37.0 Å². The lowest BCUT2D eigenvalue weighted by Crippen LogP contribution is -2.43. The highest BCUT2D eigenvalue weighted by molar-refractivity contribution is 5.96. The molecule has 1 aromatic rings. The quantitative estimate of drug-likeness (QED) is 0.766. The van der Waals surface area contributed by atoms with Crippen molar-refractivity contribution in [3.8, 4) is 0 Å². The summed E-state index contributed by atoms with van der Waals surface area (Å²) in [5, 5.41) is 5.24. The van der Waals surface area contributed by atoms with Gasteiger partial charge in [-0.05, 0) is 43.0 Å². The Hall–Kier alpha value is -2.44. The molecule has 7 heteroatoms. The molecule has 0 saturated heterocycles. The van der Waals surface area contributed by atoms with Crippen LogP contribution in [0.1, 0.15) is 43.0 Å². The molecule has 0 radical (unpaired) electrons. The molecule has 2 rings (SSSR count). The zero-order valence-electron chi connectivity index (χ0n) is 14.2. The molecule has 0 spiro atoms. The third-order valence-electron chi connectivity index (χ3n) is 4.32. The Balaban J connectivity index is 1.67. The van der Waals surface area contributed by atoms with Gasteiger partial charge in [0, 0.05) is 11.6 Å². The predicted molar refractivity (Wildman–Crippen MR) is 89.3 cm³/mol. The number of nitrogens with one attached hydrogen (secondary N) is 2. The summed E-state index contributed by atoms with van der Waals surface area (Å²) in [6.45, 7) is 1.37. The van der Waals surface area contributed by atoms with Crippen LogP contribution in [0.15, 0.2) is 24.3 Å². The Bertz CT molecular complexity index is 618. The molecule has 6 nitrogen and oxygen atoms in total. The monoisotopic (exact) mass is 350 g/mol. The van der Waals surface area contributed by atoms with E-state index in [2.05, 4.69) is 17.6 Å². The number of carbonyl (C=O) groups is 3. The zero-order chi connectivity index (χ0) is 18.2. The third kappa shape index (κ3) is 6.17. The van der Waals surface area contributed by atoms with Gasteiger partial charge in [0.15, 0.2) is 6.61 Å². The molecule has 1 aliphatic rings. The van der Waals surface area contributed by atoms with Crippen LogP contribution in [0.4, 0.5) is 4.39 Å². The van der Waals surface area contributed by atoms with Crippen molar-refractivity contribution in [3.63, 3.8) is 0 Å². The summed E-state index contributed by atoms with van der Waals surface area (Å²) >= 11 is 0. The Labute approximate surface area is 146 Å². The van der Waals surface area contributed by atoms with E-state index >= 15 is 0 Å². The van der Waals surface area contributed by atoms with Crippen LogP contribution in [-0.2, 0) is 14.3 Å². The van der Waals surface area contributed by atoms with Crippen molar-refractivity contribution in [1.82, 2.24) is 10.6 Å². The average Bonchev–Trinajstić information content (AvgIpc) is 2.60. The number of hydrogen-bond acceptors (Lipinski definition) is 4. The van der Waals surface area contributed by atoms with E-state index in [0.29, 0.717) is 5.92 Å². The number of benzene rings is 1.